The highest BCUT2D eigenvalue weighted by Crippen LogP contribution is 2.34. The second-order valence-corrected chi connectivity index (χ2v) is 8.32. The zero-order valence-electron chi connectivity index (χ0n) is 14.5. The van der Waals surface area contributed by atoms with Crippen LogP contribution in [0, 0.1) is 13.8 Å². The number of sulfonamides is 1. The molecule has 0 amide bonds. The lowest BCUT2D eigenvalue weighted by atomic mass is 10.1. The van der Waals surface area contributed by atoms with Crippen molar-refractivity contribution in [1.82, 2.24) is 4.31 Å². The fraction of sp³-hybridized carbons (Fsp3) is 0.368. The molecule has 0 radical (unpaired) electrons. The van der Waals surface area contributed by atoms with E-state index in [0.717, 1.165) is 30.4 Å². The molecule has 3 rings (SSSR count). The number of hydrogen-bond donors (Lipinski definition) is 1. The summed E-state index contributed by atoms with van der Waals surface area (Å²) in [6.07, 6.45) is 2.73. The number of phenolic OH excluding ortho intramolecular Hbond substituents is 1. The molecule has 2 aromatic carbocycles. The summed E-state index contributed by atoms with van der Waals surface area (Å²) < 4.78 is 33.1. The van der Waals surface area contributed by atoms with Crippen LogP contribution in [0.15, 0.2) is 41.3 Å². The molecule has 1 aliphatic rings. The molecular formula is C19H23NO4S. The van der Waals surface area contributed by atoms with E-state index < -0.39 is 10.0 Å². The maximum atomic E-state index is 12.9. The first-order valence-electron chi connectivity index (χ1n) is 8.47. The Hall–Kier alpha value is -2.05. The molecule has 0 unspecified atom stereocenters. The van der Waals surface area contributed by atoms with E-state index in [1.807, 2.05) is 32.0 Å². The van der Waals surface area contributed by atoms with Gasteiger partial charge in [-0.05, 0) is 49.9 Å². The fourth-order valence-electron chi connectivity index (χ4n) is 3.09. The van der Waals surface area contributed by atoms with Crippen molar-refractivity contribution >= 4 is 10.0 Å². The first-order chi connectivity index (χ1) is 11.9. The van der Waals surface area contributed by atoms with E-state index in [2.05, 4.69) is 0 Å². The van der Waals surface area contributed by atoms with Gasteiger partial charge in [0.2, 0.25) is 10.0 Å². The Balaban J connectivity index is 1.95. The average molecular weight is 361 g/mol. The zero-order valence-corrected chi connectivity index (χ0v) is 15.3. The number of hydrogen-bond acceptors (Lipinski definition) is 4. The lowest BCUT2D eigenvalue weighted by Crippen LogP contribution is -2.35. The van der Waals surface area contributed by atoms with Gasteiger partial charge < -0.3 is 9.84 Å². The molecule has 0 saturated carbocycles. The molecule has 1 heterocycles. The highest BCUT2D eigenvalue weighted by Gasteiger charge is 2.29. The Kier molecular flexibility index (Phi) is 5.01. The standard InChI is InChI=1S/C19H23NO4S/c1-14-7-6-8-15(2)19(14)24-16-9-10-17(21)18(13-16)25(22,23)20-11-4-3-5-12-20/h6-10,13,21H,3-5,11-12H2,1-2H3. The predicted molar refractivity (Wildman–Crippen MR) is 96.7 cm³/mol. The molecular weight excluding hydrogens is 338 g/mol. The van der Waals surface area contributed by atoms with Gasteiger partial charge in [0, 0.05) is 19.2 Å². The van der Waals surface area contributed by atoms with Gasteiger partial charge in [0.1, 0.15) is 22.1 Å². The van der Waals surface area contributed by atoms with Crippen LogP contribution in [-0.2, 0) is 10.0 Å². The van der Waals surface area contributed by atoms with Crippen LogP contribution in [0.3, 0.4) is 0 Å². The first-order valence-corrected chi connectivity index (χ1v) is 9.91. The van der Waals surface area contributed by atoms with Crippen LogP contribution in [0.1, 0.15) is 30.4 Å². The van der Waals surface area contributed by atoms with Crippen molar-refractivity contribution in [1.29, 1.82) is 0 Å². The maximum Gasteiger partial charge on any atom is 0.246 e. The smallest absolute Gasteiger partial charge is 0.246 e. The molecule has 0 aliphatic carbocycles. The molecule has 5 nitrogen and oxygen atoms in total. The number of aryl methyl sites for hydroxylation is 2. The van der Waals surface area contributed by atoms with Crippen molar-refractivity contribution in [2.24, 2.45) is 0 Å². The third-order valence-corrected chi connectivity index (χ3v) is 6.42. The number of para-hydroxylation sites is 1. The van der Waals surface area contributed by atoms with Crippen LogP contribution in [0.2, 0.25) is 0 Å². The van der Waals surface area contributed by atoms with Crippen LogP contribution in [0.25, 0.3) is 0 Å². The number of rotatable bonds is 4. The number of nitrogens with zero attached hydrogens (tertiary/aromatic N) is 1. The molecule has 1 saturated heterocycles. The molecule has 25 heavy (non-hydrogen) atoms. The Labute approximate surface area is 148 Å². The normalized spacial score (nSPS) is 15.9. The lowest BCUT2D eigenvalue weighted by molar-refractivity contribution is 0.344. The van der Waals surface area contributed by atoms with Crippen LogP contribution < -0.4 is 4.74 Å². The number of benzene rings is 2. The largest absolute Gasteiger partial charge is 0.507 e. The summed E-state index contributed by atoms with van der Waals surface area (Å²) in [4.78, 5) is -0.0989. The summed E-state index contributed by atoms with van der Waals surface area (Å²) in [6, 6.07) is 10.2. The summed E-state index contributed by atoms with van der Waals surface area (Å²) in [5, 5.41) is 10.1. The number of ether oxygens (including phenoxy) is 1. The van der Waals surface area contributed by atoms with E-state index in [0.29, 0.717) is 24.6 Å². The van der Waals surface area contributed by atoms with Crippen LogP contribution >= 0.6 is 0 Å². The monoisotopic (exact) mass is 361 g/mol. The van der Waals surface area contributed by atoms with Gasteiger partial charge in [-0.3, -0.25) is 0 Å². The van der Waals surface area contributed by atoms with E-state index in [9.17, 15) is 13.5 Å². The van der Waals surface area contributed by atoms with Crippen molar-refractivity contribution in [3.8, 4) is 17.2 Å². The van der Waals surface area contributed by atoms with E-state index in [1.54, 1.807) is 6.07 Å². The molecule has 2 aromatic rings. The molecule has 0 bridgehead atoms. The minimum Gasteiger partial charge on any atom is -0.507 e. The third kappa shape index (κ3) is 3.65. The van der Waals surface area contributed by atoms with Crippen molar-refractivity contribution in [2.45, 2.75) is 38.0 Å². The minimum absolute atomic E-state index is 0.0989. The van der Waals surface area contributed by atoms with Gasteiger partial charge in [-0.1, -0.05) is 24.6 Å². The summed E-state index contributed by atoms with van der Waals surface area (Å²) in [5.41, 5.74) is 1.93. The lowest BCUT2D eigenvalue weighted by Gasteiger charge is -2.26. The predicted octanol–water partition coefficient (Wildman–Crippen LogP) is 3.98. The van der Waals surface area contributed by atoms with Crippen molar-refractivity contribution in [2.75, 3.05) is 13.1 Å². The van der Waals surface area contributed by atoms with Gasteiger partial charge in [-0.25, -0.2) is 8.42 Å². The Morgan fingerprint density at radius 2 is 1.64 bits per heavy atom. The topological polar surface area (TPSA) is 66.8 Å². The molecule has 1 N–H and O–H groups in total. The zero-order chi connectivity index (χ0) is 18.0. The molecule has 0 atom stereocenters. The highest BCUT2D eigenvalue weighted by molar-refractivity contribution is 7.89. The average Bonchev–Trinajstić information content (AvgIpc) is 2.60. The van der Waals surface area contributed by atoms with Gasteiger partial charge >= 0.3 is 0 Å². The molecule has 134 valence electrons. The molecule has 0 aromatic heterocycles. The molecule has 6 heteroatoms. The Morgan fingerprint density at radius 3 is 2.28 bits per heavy atom. The first kappa shape index (κ1) is 17.8. The SMILES string of the molecule is Cc1cccc(C)c1Oc1ccc(O)c(S(=O)(=O)N2CCCCC2)c1. The van der Waals surface area contributed by atoms with Gasteiger partial charge in [0.15, 0.2) is 0 Å². The van der Waals surface area contributed by atoms with Crippen molar-refractivity contribution in [3.05, 3.63) is 47.5 Å². The van der Waals surface area contributed by atoms with Crippen molar-refractivity contribution in [3.63, 3.8) is 0 Å². The van der Waals surface area contributed by atoms with Gasteiger partial charge in [-0.2, -0.15) is 4.31 Å². The van der Waals surface area contributed by atoms with Gasteiger partial charge in [0.05, 0.1) is 0 Å². The fourth-order valence-corrected chi connectivity index (χ4v) is 4.70. The minimum atomic E-state index is -3.72. The second kappa shape index (κ2) is 7.06. The summed E-state index contributed by atoms with van der Waals surface area (Å²) >= 11 is 0. The number of aromatic hydroxyl groups is 1. The highest BCUT2D eigenvalue weighted by atomic mass is 32.2. The molecule has 0 spiro atoms. The van der Waals surface area contributed by atoms with Gasteiger partial charge in [-0.15, -0.1) is 0 Å². The molecule has 1 fully saturated rings. The third-order valence-electron chi connectivity index (χ3n) is 4.49. The van der Waals surface area contributed by atoms with E-state index in [-0.39, 0.29) is 10.6 Å². The van der Waals surface area contributed by atoms with Crippen LogP contribution in [0.4, 0.5) is 0 Å². The number of phenols is 1. The maximum absolute atomic E-state index is 12.9. The van der Waals surface area contributed by atoms with Crippen LogP contribution in [0.5, 0.6) is 17.2 Å². The van der Waals surface area contributed by atoms with Gasteiger partial charge in [0.25, 0.3) is 0 Å². The summed E-state index contributed by atoms with van der Waals surface area (Å²) in [7, 11) is -3.72. The Morgan fingerprint density at radius 1 is 1.00 bits per heavy atom. The molecule has 1 aliphatic heterocycles. The Bertz CT molecular complexity index is 851. The van der Waals surface area contributed by atoms with E-state index in [1.165, 1.54) is 16.4 Å². The van der Waals surface area contributed by atoms with E-state index >= 15 is 0 Å². The van der Waals surface area contributed by atoms with Crippen LogP contribution in [-0.4, -0.2) is 30.9 Å². The quantitative estimate of drug-likeness (QED) is 0.894. The van der Waals surface area contributed by atoms with E-state index in [4.69, 9.17) is 4.74 Å². The summed E-state index contributed by atoms with van der Waals surface area (Å²) in [6.45, 7) is 4.86. The summed E-state index contributed by atoms with van der Waals surface area (Å²) in [5.74, 6) is 0.847. The second-order valence-electron chi connectivity index (χ2n) is 6.42. The van der Waals surface area contributed by atoms with Crippen molar-refractivity contribution < 1.29 is 18.3 Å². The number of piperidine rings is 1.